The van der Waals surface area contributed by atoms with Crippen LogP contribution in [0.25, 0.3) is 0 Å². The van der Waals surface area contributed by atoms with Gasteiger partial charge in [-0.2, -0.15) is 0 Å². The van der Waals surface area contributed by atoms with Crippen molar-refractivity contribution in [1.82, 2.24) is 9.62 Å². The molecular weight excluding hydrogens is 332 g/mol. The van der Waals surface area contributed by atoms with Crippen LogP contribution in [0.4, 0.5) is 0 Å². The molecular formula is C16H22N2O5S. The molecule has 24 heavy (non-hydrogen) atoms. The normalized spacial score (nSPS) is 18.6. The maximum atomic E-state index is 12.7. The fraction of sp³-hybridized carbons (Fsp3) is 0.500. The van der Waals surface area contributed by atoms with E-state index in [1.54, 1.807) is 13.8 Å². The number of amides is 1. The van der Waals surface area contributed by atoms with Crippen molar-refractivity contribution in [3.05, 3.63) is 29.8 Å². The van der Waals surface area contributed by atoms with Crippen molar-refractivity contribution in [3.8, 4) is 0 Å². The number of piperidine rings is 1. The van der Waals surface area contributed by atoms with Gasteiger partial charge >= 0.3 is 5.97 Å². The van der Waals surface area contributed by atoms with E-state index in [4.69, 9.17) is 0 Å². The van der Waals surface area contributed by atoms with Crippen molar-refractivity contribution >= 4 is 21.9 Å². The van der Waals surface area contributed by atoms with E-state index >= 15 is 0 Å². The molecule has 2 rings (SSSR count). The van der Waals surface area contributed by atoms with Crippen LogP contribution in [0.15, 0.2) is 29.2 Å². The first-order valence-corrected chi connectivity index (χ1v) is 9.37. The standard InChI is InChI=1S/C16H22N2O5S/c1-11(2)17-24(22,23)13-7-5-6-12(10-13)15(19)18-9-4-3-8-14(18)16(20)21/h5-7,10-11,14,17H,3-4,8-9H2,1-2H3,(H,20,21)/t14-/m1/s1. The summed E-state index contributed by atoms with van der Waals surface area (Å²) >= 11 is 0. The summed E-state index contributed by atoms with van der Waals surface area (Å²) in [6, 6.07) is 4.56. The van der Waals surface area contributed by atoms with Gasteiger partial charge in [-0.25, -0.2) is 17.9 Å². The first kappa shape index (κ1) is 18.4. The zero-order valence-corrected chi connectivity index (χ0v) is 14.5. The lowest BCUT2D eigenvalue weighted by atomic mass is 10.0. The van der Waals surface area contributed by atoms with Crippen molar-refractivity contribution in [2.75, 3.05) is 6.54 Å². The number of likely N-dealkylation sites (tertiary alicyclic amines) is 1. The third kappa shape index (κ3) is 4.12. The summed E-state index contributed by atoms with van der Waals surface area (Å²) in [5, 5.41) is 9.29. The Balaban J connectivity index is 2.30. The van der Waals surface area contributed by atoms with Gasteiger partial charge in [0.2, 0.25) is 10.0 Å². The lowest BCUT2D eigenvalue weighted by Gasteiger charge is -2.33. The molecule has 0 aliphatic carbocycles. The summed E-state index contributed by atoms with van der Waals surface area (Å²) in [4.78, 5) is 25.3. The zero-order chi connectivity index (χ0) is 17.9. The van der Waals surface area contributed by atoms with Crippen LogP contribution in [0.5, 0.6) is 0 Å². The molecule has 132 valence electrons. The number of sulfonamides is 1. The van der Waals surface area contributed by atoms with Crippen molar-refractivity contribution in [3.63, 3.8) is 0 Å². The Morgan fingerprint density at radius 1 is 1.29 bits per heavy atom. The zero-order valence-electron chi connectivity index (χ0n) is 13.7. The minimum atomic E-state index is -3.71. The molecule has 0 bridgehead atoms. The third-order valence-corrected chi connectivity index (χ3v) is 5.49. The Hall–Kier alpha value is -1.93. The van der Waals surface area contributed by atoms with Crippen LogP contribution in [-0.2, 0) is 14.8 Å². The van der Waals surface area contributed by atoms with Crippen molar-refractivity contribution in [2.45, 2.75) is 50.1 Å². The average Bonchev–Trinajstić information content (AvgIpc) is 2.53. The highest BCUT2D eigenvalue weighted by Crippen LogP contribution is 2.21. The quantitative estimate of drug-likeness (QED) is 0.833. The second-order valence-electron chi connectivity index (χ2n) is 6.15. The lowest BCUT2D eigenvalue weighted by molar-refractivity contribution is -0.143. The Kier molecular flexibility index (Phi) is 5.61. The number of aliphatic carboxylic acids is 1. The highest BCUT2D eigenvalue weighted by Gasteiger charge is 2.32. The number of carboxylic acid groups (broad SMARTS) is 1. The van der Waals surface area contributed by atoms with E-state index in [9.17, 15) is 23.1 Å². The number of carbonyl (C=O) groups is 2. The number of nitrogens with zero attached hydrogens (tertiary/aromatic N) is 1. The predicted molar refractivity (Wildman–Crippen MR) is 88.2 cm³/mol. The first-order valence-electron chi connectivity index (χ1n) is 7.88. The Labute approximate surface area is 141 Å². The fourth-order valence-corrected chi connectivity index (χ4v) is 4.07. The van der Waals surface area contributed by atoms with Crippen LogP contribution in [0, 0.1) is 0 Å². The van der Waals surface area contributed by atoms with Gasteiger partial charge in [0, 0.05) is 18.2 Å². The molecule has 8 heteroatoms. The molecule has 1 atom stereocenters. The minimum Gasteiger partial charge on any atom is -0.480 e. The Bertz CT molecular complexity index is 730. The molecule has 1 fully saturated rings. The third-order valence-electron chi connectivity index (χ3n) is 3.83. The summed E-state index contributed by atoms with van der Waals surface area (Å²) in [5.74, 6) is -1.49. The highest BCUT2D eigenvalue weighted by atomic mass is 32.2. The van der Waals surface area contributed by atoms with Gasteiger partial charge in [-0.3, -0.25) is 4.79 Å². The molecule has 1 heterocycles. The van der Waals surface area contributed by atoms with Gasteiger partial charge in [-0.15, -0.1) is 0 Å². The molecule has 0 aromatic heterocycles. The van der Waals surface area contributed by atoms with E-state index in [-0.39, 0.29) is 16.5 Å². The lowest BCUT2D eigenvalue weighted by Crippen LogP contribution is -2.48. The van der Waals surface area contributed by atoms with Crippen LogP contribution >= 0.6 is 0 Å². The number of nitrogens with one attached hydrogen (secondary N) is 1. The maximum absolute atomic E-state index is 12.7. The number of carbonyl (C=O) groups excluding carboxylic acids is 1. The summed E-state index contributed by atoms with van der Waals surface area (Å²) < 4.78 is 26.9. The predicted octanol–water partition coefficient (Wildman–Crippen LogP) is 1.45. The molecule has 1 amide bonds. The van der Waals surface area contributed by atoms with Gasteiger partial charge in [0.15, 0.2) is 0 Å². The fourth-order valence-electron chi connectivity index (χ4n) is 2.77. The van der Waals surface area contributed by atoms with E-state index in [0.717, 1.165) is 12.8 Å². The van der Waals surface area contributed by atoms with Crippen LogP contribution < -0.4 is 4.72 Å². The number of hydrogen-bond donors (Lipinski definition) is 2. The maximum Gasteiger partial charge on any atom is 0.326 e. The van der Waals surface area contributed by atoms with Gasteiger partial charge in [-0.1, -0.05) is 6.07 Å². The van der Waals surface area contributed by atoms with Gasteiger partial charge < -0.3 is 10.0 Å². The van der Waals surface area contributed by atoms with E-state index in [0.29, 0.717) is 13.0 Å². The molecule has 1 aromatic carbocycles. The Morgan fingerprint density at radius 3 is 2.62 bits per heavy atom. The molecule has 0 radical (unpaired) electrons. The van der Waals surface area contributed by atoms with Crippen molar-refractivity contribution in [1.29, 1.82) is 0 Å². The number of hydrogen-bond acceptors (Lipinski definition) is 4. The molecule has 0 saturated carbocycles. The number of rotatable bonds is 5. The average molecular weight is 354 g/mol. The van der Waals surface area contributed by atoms with Crippen molar-refractivity contribution < 1.29 is 23.1 Å². The smallest absolute Gasteiger partial charge is 0.326 e. The summed E-state index contributed by atoms with van der Waals surface area (Å²) in [5.41, 5.74) is 0.176. The minimum absolute atomic E-state index is 0.00839. The van der Waals surface area contributed by atoms with Crippen molar-refractivity contribution in [2.24, 2.45) is 0 Å². The monoisotopic (exact) mass is 354 g/mol. The second-order valence-corrected chi connectivity index (χ2v) is 7.87. The van der Waals surface area contributed by atoms with E-state index in [1.165, 1.54) is 29.2 Å². The van der Waals surface area contributed by atoms with E-state index in [2.05, 4.69) is 4.72 Å². The van der Waals surface area contributed by atoms with Gasteiger partial charge in [0.25, 0.3) is 5.91 Å². The second kappa shape index (κ2) is 7.31. The number of carboxylic acids is 1. The molecule has 1 aliphatic rings. The Morgan fingerprint density at radius 2 is 2.00 bits per heavy atom. The summed E-state index contributed by atoms with van der Waals surface area (Å²) in [6.07, 6.45) is 1.91. The van der Waals surface area contributed by atoms with Gasteiger partial charge in [0.05, 0.1) is 4.90 Å². The molecule has 0 unspecified atom stereocenters. The molecule has 1 aromatic rings. The molecule has 1 saturated heterocycles. The largest absolute Gasteiger partial charge is 0.480 e. The molecule has 1 aliphatic heterocycles. The highest BCUT2D eigenvalue weighted by molar-refractivity contribution is 7.89. The topological polar surface area (TPSA) is 104 Å². The van der Waals surface area contributed by atoms with Crippen LogP contribution in [0.2, 0.25) is 0 Å². The molecule has 0 spiro atoms. The summed E-state index contributed by atoms with van der Waals surface area (Å²) in [7, 11) is -3.71. The van der Waals surface area contributed by atoms with Crippen LogP contribution in [-0.4, -0.2) is 48.9 Å². The van der Waals surface area contributed by atoms with E-state index in [1.807, 2.05) is 0 Å². The molecule has 2 N–H and O–H groups in total. The summed E-state index contributed by atoms with van der Waals surface area (Å²) in [6.45, 7) is 3.77. The van der Waals surface area contributed by atoms with Crippen LogP contribution in [0.3, 0.4) is 0 Å². The van der Waals surface area contributed by atoms with Gasteiger partial charge in [-0.05, 0) is 51.3 Å². The van der Waals surface area contributed by atoms with E-state index < -0.39 is 27.9 Å². The SMILES string of the molecule is CC(C)NS(=O)(=O)c1cccc(C(=O)N2CCCC[C@@H]2C(=O)O)c1. The van der Waals surface area contributed by atoms with Crippen LogP contribution in [0.1, 0.15) is 43.5 Å². The number of benzene rings is 1. The first-order chi connectivity index (χ1) is 11.2. The van der Waals surface area contributed by atoms with Gasteiger partial charge in [0.1, 0.15) is 6.04 Å². The molecule has 7 nitrogen and oxygen atoms in total.